The Morgan fingerprint density at radius 2 is 1.38 bits per heavy atom. The SMILES string of the molecule is CC(C)(C)OC(=O)NCCO.Cc1c(F)ccc(F)c1-c1c(C(=O)O)c[nH]c1C(=O)c1ccc(CCCOCCOCCOCCOCCN)cc1. The number of carbonyl (C=O) groups excluding carboxylic acids is 2. The second-order valence-electron chi connectivity index (χ2n) is 12.3. The molecule has 1 heterocycles. The summed E-state index contributed by atoms with van der Waals surface area (Å²) in [6.45, 7) is 11.3. The van der Waals surface area contributed by atoms with Crippen LogP contribution in [0.4, 0.5) is 13.6 Å². The van der Waals surface area contributed by atoms with E-state index in [2.05, 4.69) is 10.3 Å². The molecule has 288 valence electrons. The van der Waals surface area contributed by atoms with E-state index in [-0.39, 0.29) is 46.7 Å². The molecule has 0 bridgehead atoms. The first-order valence-electron chi connectivity index (χ1n) is 16.9. The van der Waals surface area contributed by atoms with Gasteiger partial charge in [0, 0.05) is 42.6 Å². The number of nitrogens with one attached hydrogen (secondary N) is 2. The number of amides is 1. The van der Waals surface area contributed by atoms with Crippen molar-refractivity contribution < 1.29 is 57.1 Å². The van der Waals surface area contributed by atoms with Crippen molar-refractivity contribution in [1.29, 1.82) is 0 Å². The number of carboxylic acid groups (broad SMARTS) is 1. The summed E-state index contributed by atoms with van der Waals surface area (Å²) in [6.07, 6.45) is 2.11. The fraction of sp³-hybridized carbons (Fsp3) is 0.486. The Balaban J connectivity index is 0.000000734. The number of benzene rings is 2. The van der Waals surface area contributed by atoms with E-state index < -0.39 is 35.1 Å². The topological polar surface area (TPSA) is 192 Å². The van der Waals surface area contributed by atoms with Crippen LogP contribution >= 0.6 is 0 Å². The summed E-state index contributed by atoms with van der Waals surface area (Å²) in [5, 5.41) is 20.3. The van der Waals surface area contributed by atoms with Crippen LogP contribution in [0.5, 0.6) is 0 Å². The van der Waals surface area contributed by atoms with Crippen LogP contribution in [-0.4, -0.2) is 111 Å². The number of carboxylic acids is 1. The number of hydrogen-bond donors (Lipinski definition) is 5. The van der Waals surface area contributed by atoms with Gasteiger partial charge in [0.05, 0.1) is 64.1 Å². The van der Waals surface area contributed by atoms with E-state index in [0.717, 1.165) is 36.7 Å². The molecule has 0 unspecified atom stereocenters. The molecular weight excluding hydrogens is 684 g/mol. The fourth-order valence-corrected chi connectivity index (χ4v) is 4.65. The Kier molecular flexibility index (Phi) is 19.7. The standard InChI is InChI=1S/C30H36F2N2O7.C7H15NO3/c1-20-24(31)8-9-25(32)26(20)27-23(30(36)37)19-34-28(27)29(35)22-6-4-21(5-7-22)3-2-11-38-13-15-40-17-18-41-16-14-39-12-10-33;1-7(2,3)11-6(10)8-4-5-9/h4-9,19,34H,2-3,10-18,33H2,1H3,(H,36,37);9H,4-5H2,1-3H3,(H,8,10). The minimum Gasteiger partial charge on any atom is -0.478 e. The highest BCUT2D eigenvalue weighted by Gasteiger charge is 2.27. The van der Waals surface area contributed by atoms with Crippen molar-refractivity contribution in [3.8, 4) is 11.1 Å². The first kappa shape index (κ1) is 43.9. The minimum absolute atomic E-state index is 0.0702. The molecule has 0 saturated carbocycles. The van der Waals surface area contributed by atoms with Gasteiger partial charge in [-0.3, -0.25) is 4.79 Å². The molecule has 0 atom stereocenters. The van der Waals surface area contributed by atoms with E-state index >= 15 is 0 Å². The summed E-state index contributed by atoms with van der Waals surface area (Å²) in [6, 6.07) is 8.71. The molecule has 0 fully saturated rings. The predicted molar refractivity (Wildman–Crippen MR) is 190 cm³/mol. The van der Waals surface area contributed by atoms with Gasteiger partial charge in [0.1, 0.15) is 17.2 Å². The molecule has 0 aliphatic carbocycles. The third-order valence-corrected chi connectivity index (χ3v) is 7.06. The normalized spacial score (nSPS) is 11.2. The Bertz CT molecular complexity index is 1540. The molecule has 52 heavy (non-hydrogen) atoms. The highest BCUT2D eigenvalue weighted by atomic mass is 19.1. The van der Waals surface area contributed by atoms with Crippen LogP contribution in [-0.2, 0) is 30.1 Å². The van der Waals surface area contributed by atoms with E-state index in [9.17, 15) is 28.3 Å². The zero-order valence-corrected chi connectivity index (χ0v) is 30.2. The summed E-state index contributed by atoms with van der Waals surface area (Å²) in [7, 11) is 0. The summed E-state index contributed by atoms with van der Waals surface area (Å²) in [5.74, 6) is -3.42. The van der Waals surface area contributed by atoms with Crippen LogP contribution < -0.4 is 11.1 Å². The number of halogens is 2. The Morgan fingerprint density at radius 3 is 1.92 bits per heavy atom. The van der Waals surface area contributed by atoms with Gasteiger partial charge in [-0.05, 0) is 63.8 Å². The quantitative estimate of drug-likeness (QED) is 0.0756. The second kappa shape index (κ2) is 23.3. The van der Waals surface area contributed by atoms with Gasteiger partial charge in [-0.1, -0.05) is 24.3 Å². The molecule has 3 rings (SSSR count). The van der Waals surface area contributed by atoms with E-state index in [0.29, 0.717) is 59.4 Å². The van der Waals surface area contributed by atoms with Crippen molar-refractivity contribution in [1.82, 2.24) is 10.3 Å². The van der Waals surface area contributed by atoms with Gasteiger partial charge >= 0.3 is 12.1 Å². The molecule has 2 aromatic carbocycles. The van der Waals surface area contributed by atoms with Crippen LogP contribution in [0, 0.1) is 18.6 Å². The average molecular weight is 736 g/mol. The number of aromatic amines is 1. The van der Waals surface area contributed by atoms with Gasteiger partial charge in [-0.25, -0.2) is 18.4 Å². The number of aromatic nitrogens is 1. The van der Waals surface area contributed by atoms with E-state index in [4.69, 9.17) is 34.5 Å². The second-order valence-corrected chi connectivity index (χ2v) is 12.3. The first-order valence-corrected chi connectivity index (χ1v) is 16.9. The molecule has 0 aliphatic heterocycles. The molecule has 1 aromatic heterocycles. The number of aromatic carboxylic acids is 1. The highest BCUT2D eigenvalue weighted by Crippen LogP contribution is 2.35. The van der Waals surface area contributed by atoms with Crippen LogP contribution in [0.15, 0.2) is 42.6 Å². The monoisotopic (exact) mass is 735 g/mol. The zero-order valence-electron chi connectivity index (χ0n) is 30.2. The van der Waals surface area contributed by atoms with Gasteiger partial charge in [0.2, 0.25) is 5.78 Å². The van der Waals surface area contributed by atoms with Gasteiger partial charge < -0.3 is 49.9 Å². The van der Waals surface area contributed by atoms with Crippen molar-refractivity contribution in [2.75, 3.05) is 72.6 Å². The lowest BCUT2D eigenvalue weighted by molar-refractivity contribution is -0.00118. The Morgan fingerprint density at radius 1 is 0.827 bits per heavy atom. The van der Waals surface area contributed by atoms with Crippen LogP contribution in [0.1, 0.15) is 64.7 Å². The molecule has 0 saturated heterocycles. The zero-order chi connectivity index (χ0) is 38.5. The smallest absolute Gasteiger partial charge is 0.407 e. The number of alkyl carbamates (subject to hydrolysis) is 1. The van der Waals surface area contributed by atoms with Crippen molar-refractivity contribution in [2.45, 2.75) is 46.1 Å². The number of H-pyrrole nitrogens is 1. The lowest BCUT2D eigenvalue weighted by Crippen LogP contribution is -2.33. The molecule has 0 spiro atoms. The molecule has 3 aromatic rings. The summed E-state index contributed by atoms with van der Waals surface area (Å²) in [4.78, 5) is 38.6. The number of hydrogen-bond acceptors (Lipinski definition) is 10. The van der Waals surface area contributed by atoms with E-state index in [1.165, 1.54) is 6.92 Å². The Labute approximate surface area is 302 Å². The summed E-state index contributed by atoms with van der Waals surface area (Å²) in [5.41, 5.74) is 5.16. The third-order valence-electron chi connectivity index (χ3n) is 7.06. The highest BCUT2D eigenvalue weighted by molar-refractivity contribution is 6.14. The van der Waals surface area contributed by atoms with E-state index in [1.807, 2.05) is 0 Å². The van der Waals surface area contributed by atoms with Crippen LogP contribution in [0.3, 0.4) is 0 Å². The fourth-order valence-electron chi connectivity index (χ4n) is 4.65. The van der Waals surface area contributed by atoms with Crippen molar-refractivity contribution in [3.63, 3.8) is 0 Å². The number of aryl methyl sites for hydroxylation is 1. The molecule has 13 nitrogen and oxygen atoms in total. The van der Waals surface area contributed by atoms with Gasteiger partial charge in [0.15, 0.2) is 0 Å². The predicted octanol–water partition coefficient (Wildman–Crippen LogP) is 4.66. The molecule has 15 heteroatoms. The molecule has 0 aliphatic rings. The number of aliphatic hydroxyl groups is 1. The summed E-state index contributed by atoms with van der Waals surface area (Å²) >= 11 is 0. The number of ether oxygens (including phenoxy) is 5. The molecule has 6 N–H and O–H groups in total. The number of carbonyl (C=O) groups is 3. The Hall–Kier alpha value is -4.25. The summed E-state index contributed by atoms with van der Waals surface area (Å²) < 4.78 is 55.5. The maximum Gasteiger partial charge on any atom is 0.407 e. The largest absolute Gasteiger partial charge is 0.478 e. The van der Waals surface area contributed by atoms with Gasteiger partial charge in [0.25, 0.3) is 0 Å². The third kappa shape index (κ3) is 15.6. The van der Waals surface area contributed by atoms with Crippen LogP contribution in [0.25, 0.3) is 11.1 Å². The number of rotatable bonds is 21. The lowest BCUT2D eigenvalue weighted by atomic mass is 9.93. The number of aliphatic hydroxyl groups excluding tert-OH is 1. The van der Waals surface area contributed by atoms with Gasteiger partial charge in [-0.15, -0.1) is 0 Å². The maximum absolute atomic E-state index is 14.7. The molecule has 0 radical (unpaired) electrons. The maximum atomic E-state index is 14.7. The van der Waals surface area contributed by atoms with Crippen molar-refractivity contribution >= 4 is 17.8 Å². The molecular formula is C37H51F2N3O10. The van der Waals surface area contributed by atoms with E-state index in [1.54, 1.807) is 45.0 Å². The average Bonchev–Trinajstić information content (AvgIpc) is 3.54. The molecule has 1 amide bonds. The van der Waals surface area contributed by atoms with Gasteiger partial charge in [-0.2, -0.15) is 0 Å². The first-order chi connectivity index (χ1) is 24.8. The minimum atomic E-state index is -1.36. The van der Waals surface area contributed by atoms with Crippen LogP contribution in [0.2, 0.25) is 0 Å². The number of nitrogens with two attached hydrogens (primary N) is 1. The van der Waals surface area contributed by atoms with Crippen molar-refractivity contribution in [2.24, 2.45) is 5.73 Å². The van der Waals surface area contributed by atoms with Crippen molar-refractivity contribution in [3.05, 3.63) is 82.2 Å². The number of ketones is 1. The lowest BCUT2D eigenvalue weighted by Gasteiger charge is -2.19.